The second-order valence-electron chi connectivity index (χ2n) is 7.47. The lowest BCUT2D eigenvalue weighted by Crippen LogP contribution is -2.42. The highest BCUT2D eigenvalue weighted by atomic mass is 16.6. The predicted molar refractivity (Wildman–Crippen MR) is 76.5 cm³/mol. The Balaban J connectivity index is 2.75. The molecule has 0 aromatic carbocycles. The quantitative estimate of drug-likeness (QED) is 0.862. The monoisotopic (exact) mass is 285 g/mol. The summed E-state index contributed by atoms with van der Waals surface area (Å²) in [6.07, 6.45) is -0.376. The molecular weight excluding hydrogens is 258 g/mol. The average molecular weight is 285 g/mol. The van der Waals surface area contributed by atoms with Crippen molar-refractivity contribution in [2.75, 3.05) is 6.54 Å². The van der Waals surface area contributed by atoms with E-state index in [4.69, 9.17) is 4.74 Å². The summed E-state index contributed by atoms with van der Waals surface area (Å²) < 4.78 is 5.39. The smallest absolute Gasteiger partial charge is 0.410 e. The van der Waals surface area contributed by atoms with Gasteiger partial charge in [-0.25, -0.2) is 4.79 Å². The second kappa shape index (κ2) is 5.26. The number of hydrogen-bond donors (Lipinski definition) is 1. The summed E-state index contributed by atoms with van der Waals surface area (Å²) >= 11 is 0. The molecule has 116 valence electrons. The van der Waals surface area contributed by atoms with Crippen molar-refractivity contribution in [3.8, 4) is 0 Å². The molecule has 20 heavy (non-hydrogen) atoms. The summed E-state index contributed by atoms with van der Waals surface area (Å²) in [5.74, 6) is -1.19. The Morgan fingerprint density at radius 2 is 1.80 bits per heavy atom. The zero-order valence-corrected chi connectivity index (χ0v) is 13.6. The van der Waals surface area contributed by atoms with Crippen LogP contribution >= 0.6 is 0 Å². The fourth-order valence-corrected chi connectivity index (χ4v) is 2.60. The first-order chi connectivity index (χ1) is 8.88. The first-order valence-electron chi connectivity index (χ1n) is 7.10. The molecule has 1 aliphatic rings. The first-order valence-corrected chi connectivity index (χ1v) is 7.10. The van der Waals surface area contributed by atoms with Crippen molar-refractivity contribution in [3.63, 3.8) is 0 Å². The third-order valence-corrected chi connectivity index (χ3v) is 3.96. The molecule has 0 spiro atoms. The van der Waals surface area contributed by atoms with Crippen LogP contribution in [0.4, 0.5) is 4.79 Å². The maximum absolute atomic E-state index is 12.2. The predicted octanol–water partition coefficient (Wildman–Crippen LogP) is 2.99. The van der Waals surface area contributed by atoms with E-state index < -0.39 is 11.6 Å². The van der Waals surface area contributed by atoms with Gasteiger partial charge in [-0.1, -0.05) is 13.8 Å². The van der Waals surface area contributed by atoms with Gasteiger partial charge in [0.15, 0.2) is 0 Å². The number of carbonyl (C=O) groups excluding carboxylic acids is 1. The standard InChI is InChI=1S/C15H27NO4/c1-9(2)16(13(19)20-14(3,4)5)8-10-11(12(17)18)15(10,6)7/h9-11H,8H2,1-7H3,(H,17,18)/t10-,11+/m0/s1. The van der Waals surface area contributed by atoms with Crippen LogP contribution in [0.1, 0.15) is 48.5 Å². The van der Waals surface area contributed by atoms with Crippen molar-refractivity contribution in [1.29, 1.82) is 0 Å². The van der Waals surface area contributed by atoms with Crippen LogP contribution in [0.3, 0.4) is 0 Å². The molecule has 0 bridgehead atoms. The zero-order chi connectivity index (χ0) is 15.9. The SMILES string of the molecule is CC(C)N(C[C@H]1[C@H](C(=O)O)C1(C)C)C(=O)OC(C)(C)C. The van der Waals surface area contributed by atoms with Gasteiger partial charge in [-0.15, -0.1) is 0 Å². The van der Waals surface area contributed by atoms with Crippen molar-refractivity contribution in [1.82, 2.24) is 4.90 Å². The molecule has 5 heteroatoms. The summed E-state index contributed by atoms with van der Waals surface area (Å²) in [6, 6.07) is -0.0179. The fraction of sp³-hybridized carbons (Fsp3) is 0.867. The van der Waals surface area contributed by atoms with Crippen molar-refractivity contribution in [2.45, 2.75) is 60.1 Å². The minimum Gasteiger partial charge on any atom is -0.481 e. The van der Waals surface area contributed by atoms with E-state index in [9.17, 15) is 14.7 Å². The van der Waals surface area contributed by atoms with E-state index in [1.807, 2.05) is 48.5 Å². The Kier molecular flexibility index (Phi) is 4.42. The van der Waals surface area contributed by atoms with Crippen LogP contribution in [0.5, 0.6) is 0 Å². The van der Waals surface area contributed by atoms with Gasteiger partial charge in [0.25, 0.3) is 0 Å². The molecule has 5 nitrogen and oxygen atoms in total. The van der Waals surface area contributed by atoms with E-state index in [0.29, 0.717) is 6.54 Å². The molecule has 1 saturated carbocycles. The van der Waals surface area contributed by atoms with E-state index in [-0.39, 0.29) is 29.4 Å². The van der Waals surface area contributed by atoms with Crippen LogP contribution in [0.25, 0.3) is 0 Å². The summed E-state index contributed by atoms with van der Waals surface area (Å²) in [7, 11) is 0. The molecule has 0 radical (unpaired) electrons. The van der Waals surface area contributed by atoms with Crippen LogP contribution in [0.2, 0.25) is 0 Å². The number of nitrogens with zero attached hydrogens (tertiary/aromatic N) is 1. The highest BCUT2D eigenvalue weighted by Gasteiger charge is 2.62. The molecule has 1 fully saturated rings. The van der Waals surface area contributed by atoms with Crippen LogP contribution < -0.4 is 0 Å². The maximum atomic E-state index is 12.2. The molecule has 0 saturated heterocycles. The molecule has 1 rings (SSSR count). The zero-order valence-electron chi connectivity index (χ0n) is 13.6. The largest absolute Gasteiger partial charge is 0.481 e. The Morgan fingerprint density at radius 1 is 1.30 bits per heavy atom. The first kappa shape index (κ1) is 16.8. The van der Waals surface area contributed by atoms with Crippen molar-refractivity contribution >= 4 is 12.1 Å². The number of amides is 1. The van der Waals surface area contributed by atoms with E-state index >= 15 is 0 Å². The van der Waals surface area contributed by atoms with Gasteiger partial charge in [0.1, 0.15) is 5.60 Å². The van der Waals surface area contributed by atoms with Crippen LogP contribution in [-0.4, -0.2) is 40.3 Å². The Labute approximate surface area is 121 Å². The number of carboxylic acid groups (broad SMARTS) is 1. The molecule has 0 aromatic rings. The molecule has 0 aromatic heterocycles. The third-order valence-electron chi connectivity index (χ3n) is 3.96. The molecule has 2 atom stereocenters. The van der Waals surface area contributed by atoms with Gasteiger partial charge >= 0.3 is 12.1 Å². The lowest BCUT2D eigenvalue weighted by atomic mass is 10.1. The normalized spacial score (nSPS) is 24.4. The van der Waals surface area contributed by atoms with Crippen LogP contribution in [-0.2, 0) is 9.53 Å². The van der Waals surface area contributed by atoms with Gasteiger partial charge in [0.2, 0.25) is 0 Å². The number of rotatable bonds is 4. The van der Waals surface area contributed by atoms with E-state index in [0.717, 1.165) is 0 Å². The number of ether oxygens (including phenoxy) is 1. The van der Waals surface area contributed by atoms with Gasteiger partial charge in [-0.05, 0) is 46.0 Å². The number of aliphatic carboxylic acids is 1. The fourth-order valence-electron chi connectivity index (χ4n) is 2.60. The maximum Gasteiger partial charge on any atom is 0.410 e. The minimum absolute atomic E-state index is 0.0179. The Hall–Kier alpha value is -1.26. The van der Waals surface area contributed by atoms with Crippen LogP contribution in [0, 0.1) is 17.3 Å². The summed E-state index contributed by atoms with van der Waals surface area (Å²) in [6.45, 7) is 13.6. The van der Waals surface area contributed by atoms with Crippen LogP contribution in [0.15, 0.2) is 0 Å². The highest BCUT2D eigenvalue weighted by Crippen LogP contribution is 2.58. The lowest BCUT2D eigenvalue weighted by Gasteiger charge is -2.30. The van der Waals surface area contributed by atoms with E-state index in [1.165, 1.54) is 0 Å². The average Bonchev–Trinajstić information content (AvgIpc) is 2.73. The molecule has 0 heterocycles. The molecule has 1 N–H and O–H groups in total. The summed E-state index contributed by atoms with van der Waals surface area (Å²) in [5, 5.41) is 9.20. The second-order valence-corrected chi connectivity index (χ2v) is 7.47. The molecular formula is C15H27NO4. The Morgan fingerprint density at radius 3 is 2.10 bits per heavy atom. The van der Waals surface area contributed by atoms with E-state index in [2.05, 4.69) is 0 Å². The minimum atomic E-state index is -0.784. The Bertz CT molecular complexity index is 395. The highest BCUT2D eigenvalue weighted by molar-refractivity contribution is 5.76. The van der Waals surface area contributed by atoms with Gasteiger partial charge in [0, 0.05) is 12.6 Å². The van der Waals surface area contributed by atoms with Crippen molar-refractivity contribution in [3.05, 3.63) is 0 Å². The third kappa shape index (κ3) is 3.64. The molecule has 0 unspecified atom stereocenters. The molecule has 0 aliphatic heterocycles. The van der Waals surface area contributed by atoms with Gasteiger partial charge in [0.05, 0.1) is 5.92 Å². The van der Waals surface area contributed by atoms with Crippen molar-refractivity contribution < 1.29 is 19.4 Å². The topological polar surface area (TPSA) is 66.8 Å². The van der Waals surface area contributed by atoms with Gasteiger partial charge in [-0.3, -0.25) is 4.79 Å². The van der Waals surface area contributed by atoms with Crippen molar-refractivity contribution in [2.24, 2.45) is 17.3 Å². The molecule has 1 amide bonds. The van der Waals surface area contributed by atoms with Gasteiger partial charge < -0.3 is 14.7 Å². The van der Waals surface area contributed by atoms with Gasteiger partial charge in [-0.2, -0.15) is 0 Å². The number of carboxylic acids is 1. The molecule has 1 aliphatic carbocycles. The summed E-state index contributed by atoms with van der Waals surface area (Å²) in [4.78, 5) is 25.0. The van der Waals surface area contributed by atoms with E-state index in [1.54, 1.807) is 4.90 Å². The summed E-state index contributed by atoms with van der Waals surface area (Å²) in [5.41, 5.74) is -0.809. The lowest BCUT2D eigenvalue weighted by molar-refractivity contribution is -0.139. The number of carbonyl (C=O) groups is 2. The number of hydrogen-bond acceptors (Lipinski definition) is 3.